The first-order chi connectivity index (χ1) is 19.0. The molecule has 4 N–H and O–H groups in total. The van der Waals surface area contributed by atoms with Crippen molar-refractivity contribution in [1.82, 2.24) is 5.32 Å². The summed E-state index contributed by atoms with van der Waals surface area (Å²) < 4.78 is 16.1. The molecule has 0 heterocycles. The van der Waals surface area contributed by atoms with E-state index in [0.29, 0.717) is 16.1 Å². The van der Waals surface area contributed by atoms with Crippen molar-refractivity contribution in [2.45, 2.75) is 70.6 Å². The topological polar surface area (TPSA) is 129 Å². The second-order valence-electron chi connectivity index (χ2n) is 11.4. The number of alkyl carbamates (subject to hydrolysis) is 1. The van der Waals surface area contributed by atoms with E-state index in [9.17, 15) is 14.4 Å². The van der Waals surface area contributed by atoms with E-state index >= 15 is 0 Å². The number of hydrogen-bond acceptors (Lipinski definition) is 7. The normalized spacial score (nSPS) is 15.3. The lowest BCUT2D eigenvalue weighted by Gasteiger charge is -2.40. The molecule has 0 aliphatic heterocycles. The van der Waals surface area contributed by atoms with E-state index in [1.54, 1.807) is 71.0 Å². The number of esters is 1. The number of carbonyl (C=O) groups is 3. The van der Waals surface area contributed by atoms with Crippen molar-refractivity contribution in [3.8, 4) is 0 Å². The van der Waals surface area contributed by atoms with Crippen molar-refractivity contribution < 1.29 is 28.6 Å². The fraction of sp³-hybridized carbons (Fsp3) is 0.500. The first kappa shape index (κ1) is 34.1. The Morgan fingerprint density at radius 1 is 1.07 bits per heavy atom. The molecule has 3 atom stereocenters. The van der Waals surface area contributed by atoms with Crippen LogP contribution in [-0.2, 0) is 29.2 Å². The van der Waals surface area contributed by atoms with Gasteiger partial charge in [-0.2, -0.15) is 0 Å². The molecule has 2 amide bonds. The number of hydrogen-bond donors (Lipinski definition) is 3. The molecule has 0 fully saturated rings. The van der Waals surface area contributed by atoms with Gasteiger partial charge in [0.25, 0.3) is 0 Å². The van der Waals surface area contributed by atoms with Gasteiger partial charge in [0.2, 0.25) is 5.91 Å². The van der Waals surface area contributed by atoms with Crippen molar-refractivity contribution in [1.29, 1.82) is 0 Å². The minimum atomic E-state index is -1.71. The van der Waals surface area contributed by atoms with E-state index in [1.807, 2.05) is 19.9 Å². The van der Waals surface area contributed by atoms with Gasteiger partial charge in [0, 0.05) is 18.1 Å². The van der Waals surface area contributed by atoms with Crippen molar-refractivity contribution >= 4 is 51.2 Å². The summed E-state index contributed by atoms with van der Waals surface area (Å²) in [7, 11) is 5.15. The summed E-state index contributed by atoms with van der Waals surface area (Å²) in [5.41, 5.74) is 6.14. The fourth-order valence-corrected chi connectivity index (χ4v) is 5.55. The molecule has 11 heteroatoms. The van der Waals surface area contributed by atoms with Gasteiger partial charge < -0.3 is 30.6 Å². The number of rotatable bonds is 11. The predicted octanol–water partition coefficient (Wildman–Crippen LogP) is 5.16. The van der Waals surface area contributed by atoms with Crippen LogP contribution in [-0.4, -0.2) is 59.3 Å². The minimum absolute atomic E-state index is 0.0644. The molecule has 0 aliphatic rings. The van der Waals surface area contributed by atoms with E-state index in [1.165, 1.54) is 7.11 Å². The highest BCUT2D eigenvalue weighted by Gasteiger charge is 2.47. The Morgan fingerprint density at radius 3 is 2.22 bits per heavy atom. The number of methoxy groups -OCH3 is 1. The van der Waals surface area contributed by atoms with Crippen molar-refractivity contribution in [3.63, 3.8) is 0 Å². The number of anilines is 2. The van der Waals surface area contributed by atoms with Crippen LogP contribution in [0.2, 0.25) is 5.02 Å². The van der Waals surface area contributed by atoms with Gasteiger partial charge in [-0.3, -0.25) is 9.59 Å². The van der Waals surface area contributed by atoms with E-state index in [2.05, 4.69) is 20.9 Å². The Labute approximate surface area is 251 Å². The van der Waals surface area contributed by atoms with Gasteiger partial charge in [0.15, 0.2) is 0 Å². The summed E-state index contributed by atoms with van der Waals surface area (Å²) in [6.45, 7) is 12.7. The van der Waals surface area contributed by atoms with E-state index in [4.69, 9.17) is 31.5 Å². The highest BCUT2D eigenvalue weighted by molar-refractivity contribution is 6.34. The van der Waals surface area contributed by atoms with Gasteiger partial charge in [0.05, 0.1) is 34.8 Å². The molecular weight excluding hydrogens is 562 g/mol. The molecule has 1 unspecified atom stereocenters. The molecule has 0 aromatic heterocycles. The fourth-order valence-electron chi connectivity index (χ4n) is 4.64. The summed E-state index contributed by atoms with van der Waals surface area (Å²) >= 11 is 6.57. The Bertz CT molecular complexity index is 1250. The highest BCUT2D eigenvalue weighted by Crippen LogP contribution is 2.39. The van der Waals surface area contributed by atoms with Crippen LogP contribution in [0.15, 0.2) is 42.5 Å². The lowest BCUT2D eigenvalue weighted by Crippen LogP contribution is -2.62. The molecular formula is C30H41ClN3O6Si. The summed E-state index contributed by atoms with van der Waals surface area (Å²) in [4.78, 5) is 39.9. The van der Waals surface area contributed by atoms with E-state index in [0.717, 1.165) is 0 Å². The maximum absolute atomic E-state index is 14.1. The standard InChI is InChI=1S/C30H41ClN3O6Si/c1-9-39-26(36)29(7,17-38-8)19-14-15-23(22(32)16-19)33-25(35)30(41,34-27(37)40-28(4,5)6)24(18(2)3)20-12-10-11-13-21(20)31/h10-16,18,24H,9,17,32H2,1-8H3,(H,33,35)(H,34,37)/t24-,29?,30-/m0/s1. The lowest BCUT2D eigenvalue weighted by atomic mass is 9.80. The molecule has 3 radical (unpaired) electrons. The summed E-state index contributed by atoms with van der Waals surface area (Å²) in [5.74, 6) is -1.87. The Kier molecular flexibility index (Phi) is 11.4. The van der Waals surface area contributed by atoms with Crippen LogP contribution < -0.4 is 16.4 Å². The smallest absolute Gasteiger partial charge is 0.408 e. The number of nitrogens with two attached hydrogens (primary N) is 1. The van der Waals surface area contributed by atoms with Crippen LogP contribution in [0, 0.1) is 5.92 Å². The number of nitrogen functional groups attached to an aromatic ring is 1. The maximum atomic E-state index is 14.1. The molecule has 2 aromatic rings. The number of ether oxygens (including phenoxy) is 3. The van der Waals surface area contributed by atoms with Gasteiger partial charge in [-0.1, -0.05) is 49.7 Å². The van der Waals surface area contributed by atoms with Crippen molar-refractivity contribution in [2.75, 3.05) is 31.4 Å². The molecule has 0 aliphatic carbocycles. The molecule has 0 bridgehead atoms. The third-order valence-electron chi connectivity index (χ3n) is 6.53. The minimum Gasteiger partial charge on any atom is -0.465 e. The Morgan fingerprint density at radius 2 is 1.71 bits per heavy atom. The molecule has 0 saturated heterocycles. The summed E-state index contributed by atoms with van der Waals surface area (Å²) in [6, 6.07) is 12.0. The molecule has 223 valence electrons. The summed E-state index contributed by atoms with van der Waals surface area (Å²) in [5, 5.41) is 4.31. The number of amides is 2. The average molecular weight is 603 g/mol. The van der Waals surface area contributed by atoms with E-state index < -0.39 is 40.1 Å². The van der Waals surface area contributed by atoms with Crippen LogP contribution in [0.1, 0.15) is 65.5 Å². The first-order valence-electron chi connectivity index (χ1n) is 13.4. The van der Waals surface area contributed by atoms with Crippen molar-refractivity contribution in [3.05, 3.63) is 58.6 Å². The number of nitrogens with one attached hydrogen (secondary N) is 2. The zero-order chi connectivity index (χ0) is 31.2. The zero-order valence-corrected chi connectivity index (χ0v) is 26.8. The summed E-state index contributed by atoms with van der Waals surface area (Å²) in [6.07, 6.45) is -0.798. The Hall–Kier alpha value is -3.08. The molecule has 2 aromatic carbocycles. The second-order valence-corrected chi connectivity index (χ2v) is 12.6. The highest BCUT2D eigenvalue weighted by atomic mass is 35.5. The largest absolute Gasteiger partial charge is 0.465 e. The quantitative estimate of drug-likeness (QED) is 0.184. The monoisotopic (exact) mass is 602 g/mol. The Balaban J connectivity index is 2.56. The van der Waals surface area contributed by atoms with Crippen LogP contribution in [0.25, 0.3) is 0 Å². The molecule has 0 spiro atoms. The second kappa shape index (κ2) is 13.7. The molecule has 41 heavy (non-hydrogen) atoms. The molecule has 9 nitrogen and oxygen atoms in total. The van der Waals surface area contributed by atoms with Gasteiger partial charge >= 0.3 is 12.1 Å². The third kappa shape index (κ3) is 8.24. The third-order valence-corrected chi connectivity index (χ3v) is 7.53. The van der Waals surface area contributed by atoms with Crippen LogP contribution in [0.3, 0.4) is 0 Å². The van der Waals surface area contributed by atoms with Gasteiger partial charge in [-0.05, 0) is 69.9 Å². The average Bonchev–Trinajstić information content (AvgIpc) is 2.85. The number of halogens is 1. The van der Waals surface area contributed by atoms with Crippen LogP contribution in [0.4, 0.5) is 16.2 Å². The lowest BCUT2D eigenvalue weighted by molar-refractivity contribution is -0.151. The van der Waals surface area contributed by atoms with Gasteiger partial charge in [-0.25, -0.2) is 4.79 Å². The maximum Gasteiger partial charge on any atom is 0.408 e. The number of benzene rings is 2. The van der Waals surface area contributed by atoms with Crippen LogP contribution >= 0.6 is 11.6 Å². The first-order valence-corrected chi connectivity index (χ1v) is 14.3. The number of carbonyl (C=O) groups excluding carboxylic acids is 3. The van der Waals surface area contributed by atoms with Gasteiger partial charge in [0.1, 0.15) is 16.2 Å². The predicted molar refractivity (Wildman–Crippen MR) is 162 cm³/mol. The molecule has 2 rings (SSSR count). The SMILES string of the molecule is CCOC(=O)C(C)(COC)c1ccc(NC(=O)[C@]([Si])(NC(=O)OC(C)(C)C)[C@H](c2ccccc2Cl)C(C)C)c(N)c1. The zero-order valence-electron chi connectivity index (χ0n) is 25.0. The van der Waals surface area contributed by atoms with Crippen LogP contribution in [0.5, 0.6) is 0 Å². The van der Waals surface area contributed by atoms with Gasteiger partial charge in [-0.15, -0.1) is 0 Å². The molecule has 0 saturated carbocycles. The van der Waals surface area contributed by atoms with Crippen molar-refractivity contribution in [2.24, 2.45) is 5.92 Å². The van der Waals surface area contributed by atoms with E-state index in [-0.39, 0.29) is 30.5 Å².